The van der Waals surface area contributed by atoms with Gasteiger partial charge in [-0.25, -0.2) is 0 Å². The molecule has 0 bridgehead atoms. The smallest absolute Gasteiger partial charge is 0.419 e. The topological polar surface area (TPSA) is 76.2 Å². The van der Waals surface area contributed by atoms with Gasteiger partial charge in [-0.1, -0.05) is 0 Å². The van der Waals surface area contributed by atoms with Gasteiger partial charge in [0.15, 0.2) is 0 Å². The van der Waals surface area contributed by atoms with Crippen molar-refractivity contribution in [1.29, 1.82) is 0 Å². The number of pyridine rings is 1. The van der Waals surface area contributed by atoms with Gasteiger partial charge in [0.1, 0.15) is 0 Å². The first-order valence-electron chi connectivity index (χ1n) is 3.84. The number of anilines is 1. The number of nitrogens with two attached hydrogens (primary N) is 1. The van der Waals surface area contributed by atoms with Crippen LogP contribution in [0.25, 0.3) is 0 Å². The van der Waals surface area contributed by atoms with Gasteiger partial charge < -0.3 is 10.8 Å². The molecule has 0 amide bonds. The maximum Gasteiger partial charge on any atom is 0.419 e. The summed E-state index contributed by atoms with van der Waals surface area (Å²) in [6.07, 6.45) is -4.49. The van der Waals surface area contributed by atoms with Crippen molar-refractivity contribution >= 4 is 11.7 Å². The molecule has 0 aliphatic rings. The fourth-order valence-electron chi connectivity index (χ4n) is 1.00. The van der Waals surface area contributed by atoms with Gasteiger partial charge in [0, 0.05) is 11.9 Å². The van der Waals surface area contributed by atoms with E-state index in [-0.39, 0.29) is 5.69 Å². The minimum Gasteiger partial charge on any atom is -0.481 e. The number of carboxylic acids is 1. The van der Waals surface area contributed by atoms with Crippen molar-refractivity contribution in [2.24, 2.45) is 0 Å². The van der Waals surface area contributed by atoms with Crippen LogP contribution >= 0.6 is 0 Å². The lowest BCUT2D eigenvalue weighted by molar-refractivity contribution is -0.137. The first-order chi connectivity index (χ1) is 6.80. The molecule has 0 spiro atoms. The minimum atomic E-state index is -4.57. The van der Waals surface area contributed by atoms with Crippen LogP contribution in [0, 0.1) is 0 Å². The molecule has 0 atom stereocenters. The first kappa shape index (κ1) is 11.3. The molecule has 3 N–H and O–H groups in total. The number of halogens is 3. The molecular weight excluding hydrogens is 213 g/mol. The molecule has 0 fully saturated rings. The predicted octanol–water partition coefficient (Wildman–Crippen LogP) is 1.31. The molecule has 7 heteroatoms. The molecule has 0 saturated heterocycles. The van der Waals surface area contributed by atoms with E-state index >= 15 is 0 Å². The van der Waals surface area contributed by atoms with E-state index in [0.717, 1.165) is 6.07 Å². The Morgan fingerprint density at radius 3 is 2.53 bits per heavy atom. The molecule has 1 rings (SSSR count). The van der Waals surface area contributed by atoms with Crippen LogP contribution in [-0.2, 0) is 17.4 Å². The summed E-state index contributed by atoms with van der Waals surface area (Å²) in [4.78, 5) is 13.6. The van der Waals surface area contributed by atoms with Crippen molar-refractivity contribution in [1.82, 2.24) is 4.98 Å². The molecule has 0 unspecified atom stereocenters. The highest BCUT2D eigenvalue weighted by Crippen LogP contribution is 2.32. The second-order valence-corrected chi connectivity index (χ2v) is 2.83. The summed E-state index contributed by atoms with van der Waals surface area (Å²) >= 11 is 0. The highest BCUT2D eigenvalue weighted by molar-refractivity contribution is 5.70. The van der Waals surface area contributed by atoms with Crippen molar-refractivity contribution in [3.63, 3.8) is 0 Å². The van der Waals surface area contributed by atoms with Gasteiger partial charge in [0.05, 0.1) is 17.7 Å². The highest BCUT2D eigenvalue weighted by atomic mass is 19.4. The monoisotopic (exact) mass is 220 g/mol. The molecule has 1 aromatic heterocycles. The van der Waals surface area contributed by atoms with Crippen molar-refractivity contribution in [3.8, 4) is 0 Å². The lowest BCUT2D eigenvalue weighted by Crippen LogP contribution is -2.11. The number of alkyl halides is 3. The Morgan fingerprint density at radius 1 is 1.53 bits per heavy atom. The van der Waals surface area contributed by atoms with E-state index in [1.54, 1.807) is 0 Å². The third kappa shape index (κ3) is 2.83. The molecule has 0 saturated carbocycles. The fraction of sp³-hybridized carbons (Fsp3) is 0.250. The summed E-state index contributed by atoms with van der Waals surface area (Å²) in [7, 11) is 0. The third-order valence-corrected chi connectivity index (χ3v) is 1.63. The van der Waals surface area contributed by atoms with E-state index in [0.29, 0.717) is 6.20 Å². The quantitative estimate of drug-likeness (QED) is 0.787. The normalized spacial score (nSPS) is 11.4. The van der Waals surface area contributed by atoms with Crippen LogP contribution in [0.5, 0.6) is 0 Å². The lowest BCUT2D eigenvalue weighted by Gasteiger charge is -2.09. The van der Waals surface area contributed by atoms with Crippen LogP contribution in [0.2, 0.25) is 0 Å². The molecule has 82 valence electrons. The van der Waals surface area contributed by atoms with E-state index in [9.17, 15) is 18.0 Å². The predicted molar refractivity (Wildman–Crippen MR) is 45.0 cm³/mol. The van der Waals surface area contributed by atoms with Gasteiger partial charge in [-0.15, -0.1) is 0 Å². The molecule has 0 aromatic carbocycles. The van der Waals surface area contributed by atoms with E-state index < -0.39 is 29.8 Å². The van der Waals surface area contributed by atoms with Gasteiger partial charge in [-0.05, 0) is 6.07 Å². The summed E-state index contributed by atoms with van der Waals surface area (Å²) in [6, 6.07) is 0.914. The number of carboxylic acid groups (broad SMARTS) is 1. The number of aromatic nitrogens is 1. The second kappa shape index (κ2) is 3.76. The van der Waals surface area contributed by atoms with Crippen LogP contribution in [-0.4, -0.2) is 16.1 Å². The summed E-state index contributed by atoms with van der Waals surface area (Å²) in [5.41, 5.74) is 3.55. The second-order valence-electron chi connectivity index (χ2n) is 2.83. The van der Waals surface area contributed by atoms with Gasteiger partial charge >= 0.3 is 12.1 Å². The number of hydrogen-bond acceptors (Lipinski definition) is 3. The standard InChI is InChI=1S/C8H7F3N2O2/c9-8(10,11)5-3-13-4(1-6(5)12)2-7(14)15/h1,3H,2H2,(H2,12,13)(H,14,15). The number of rotatable bonds is 2. The number of nitrogen functional groups attached to an aromatic ring is 1. The van der Waals surface area contributed by atoms with E-state index in [2.05, 4.69) is 4.98 Å². The van der Waals surface area contributed by atoms with E-state index in [1.165, 1.54) is 0 Å². The summed E-state index contributed by atoms with van der Waals surface area (Å²) in [5, 5.41) is 8.38. The van der Waals surface area contributed by atoms with Crippen LogP contribution in [0.1, 0.15) is 11.3 Å². The molecule has 0 aliphatic heterocycles. The zero-order valence-electron chi connectivity index (χ0n) is 7.38. The van der Waals surface area contributed by atoms with Crippen molar-refractivity contribution < 1.29 is 23.1 Å². The number of aliphatic carboxylic acids is 1. The molecular formula is C8H7F3N2O2. The zero-order valence-corrected chi connectivity index (χ0v) is 7.38. The first-order valence-corrected chi connectivity index (χ1v) is 3.84. The maximum absolute atomic E-state index is 12.2. The molecule has 4 nitrogen and oxygen atoms in total. The lowest BCUT2D eigenvalue weighted by atomic mass is 10.2. The van der Waals surface area contributed by atoms with Gasteiger partial charge in [-0.2, -0.15) is 13.2 Å². The third-order valence-electron chi connectivity index (χ3n) is 1.63. The largest absolute Gasteiger partial charge is 0.481 e. The Kier molecular flexibility index (Phi) is 2.83. The Labute approximate surface area is 82.5 Å². The molecule has 0 radical (unpaired) electrons. The van der Waals surface area contributed by atoms with E-state index in [4.69, 9.17) is 10.8 Å². The Morgan fingerprint density at radius 2 is 2.13 bits per heavy atom. The maximum atomic E-state index is 12.2. The number of carbonyl (C=O) groups is 1. The van der Waals surface area contributed by atoms with Gasteiger partial charge in [0.25, 0.3) is 0 Å². The Bertz CT molecular complexity index is 390. The highest BCUT2D eigenvalue weighted by Gasteiger charge is 2.33. The Hall–Kier alpha value is -1.79. The minimum absolute atomic E-state index is 0.00648. The van der Waals surface area contributed by atoms with Crippen LogP contribution in [0.3, 0.4) is 0 Å². The van der Waals surface area contributed by atoms with Crippen LogP contribution in [0.15, 0.2) is 12.3 Å². The van der Waals surface area contributed by atoms with Crippen molar-refractivity contribution in [3.05, 3.63) is 23.5 Å². The summed E-state index contributed by atoms with van der Waals surface area (Å²) in [5.74, 6) is -1.18. The van der Waals surface area contributed by atoms with Crippen molar-refractivity contribution in [2.75, 3.05) is 5.73 Å². The fourth-order valence-corrected chi connectivity index (χ4v) is 1.00. The number of nitrogens with zero attached hydrogens (tertiary/aromatic N) is 1. The van der Waals surface area contributed by atoms with Crippen LogP contribution < -0.4 is 5.73 Å². The average Bonchev–Trinajstić information content (AvgIpc) is 1.99. The zero-order chi connectivity index (χ0) is 11.6. The summed E-state index contributed by atoms with van der Waals surface area (Å²) in [6.45, 7) is 0. The van der Waals surface area contributed by atoms with Crippen molar-refractivity contribution in [2.45, 2.75) is 12.6 Å². The molecule has 1 aromatic rings. The SMILES string of the molecule is Nc1cc(CC(=O)O)ncc1C(F)(F)F. The van der Waals surface area contributed by atoms with Gasteiger partial charge in [0.2, 0.25) is 0 Å². The number of hydrogen-bond donors (Lipinski definition) is 2. The van der Waals surface area contributed by atoms with Crippen LogP contribution in [0.4, 0.5) is 18.9 Å². The molecule has 0 aliphatic carbocycles. The molecule has 1 heterocycles. The molecule has 15 heavy (non-hydrogen) atoms. The average molecular weight is 220 g/mol. The Balaban J connectivity index is 3.04. The summed E-state index contributed by atoms with van der Waals surface area (Å²) < 4.78 is 36.6. The van der Waals surface area contributed by atoms with E-state index in [1.807, 2.05) is 0 Å². The van der Waals surface area contributed by atoms with Gasteiger partial charge in [-0.3, -0.25) is 9.78 Å².